The highest BCUT2D eigenvalue weighted by Gasteiger charge is 2.27. The highest BCUT2D eigenvalue weighted by molar-refractivity contribution is 5.72. The Morgan fingerprint density at radius 3 is 1.97 bits per heavy atom. The predicted octanol–water partition coefficient (Wildman–Crippen LogP) is 6.77. The Kier molecular flexibility index (Phi) is 4.55. The van der Waals surface area contributed by atoms with Gasteiger partial charge in [0.1, 0.15) is 7.05 Å². The Labute approximate surface area is 179 Å². The zero-order chi connectivity index (χ0) is 20.8. The van der Waals surface area contributed by atoms with Gasteiger partial charge in [0.2, 0.25) is 5.69 Å². The van der Waals surface area contributed by atoms with Gasteiger partial charge in [-0.1, -0.05) is 74.5 Å². The van der Waals surface area contributed by atoms with E-state index < -0.39 is 0 Å². The molecule has 0 aliphatic heterocycles. The van der Waals surface area contributed by atoms with Gasteiger partial charge in [-0.15, -0.1) is 0 Å². The molecule has 1 aliphatic carbocycles. The van der Waals surface area contributed by atoms with E-state index in [9.17, 15) is 0 Å². The number of rotatable bonds is 2. The number of pyridine rings is 1. The number of fused-ring (bicyclic) bond motifs is 2. The Bertz CT molecular complexity index is 1250. The average molecular weight is 391 g/mol. The van der Waals surface area contributed by atoms with Crippen molar-refractivity contribution < 1.29 is 4.57 Å². The van der Waals surface area contributed by atoms with E-state index in [1.54, 1.807) is 0 Å². The lowest BCUT2D eigenvalue weighted by atomic mass is 9.73. The Balaban J connectivity index is 1.62. The lowest BCUT2D eigenvalue weighted by molar-refractivity contribution is -0.660. The zero-order valence-corrected chi connectivity index (χ0v) is 18.2. The lowest BCUT2D eigenvalue weighted by Crippen LogP contribution is -2.30. The van der Waals surface area contributed by atoms with Gasteiger partial charge in [0, 0.05) is 29.5 Å². The summed E-state index contributed by atoms with van der Waals surface area (Å²) in [5.74, 6) is 0.862. The summed E-state index contributed by atoms with van der Waals surface area (Å²) in [5, 5.41) is 0. The van der Waals surface area contributed by atoms with Crippen LogP contribution in [0.15, 0.2) is 85.1 Å². The standard InChI is InChI=1S/C29H28N/c1-19-9-5-6-10-24(19)29-18-23(15-16-30(29)4)22-13-14-27-20(2)25-11-7-8-12-26(25)21(3)28(27)17-22/h5-18,20-21H,1-4H3/q+1. The van der Waals surface area contributed by atoms with Crippen LogP contribution in [-0.4, -0.2) is 0 Å². The molecule has 30 heavy (non-hydrogen) atoms. The van der Waals surface area contributed by atoms with E-state index in [1.165, 1.54) is 50.2 Å². The van der Waals surface area contributed by atoms with E-state index in [0.29, 0.717) is 11.8 Å². The van der Waals surface area contributed by atoms with E-state index in [2.05, 4.69) is 117 Å². The predicted molar refractivity (Wildman–Crippen MR) is 125 cm³/mol. The summed E-state index contributed by atoms with van der Waals surface area (Å²) >= 11 is 0. The molecule has 0 N–H and O–H groups in total. The maximum absolute atomic E-state index is 2.42. The molecule has 0 amide bonds. The molecule has 0 fully saturated rings. The van der Waals surface area contributed by atoms with Crippen molar-refractivity contribution in [3.05, 3.63) is 113 Å². The fraction of sp³-hybridized carbons (Fsp3) is 0.207. The van der Waals surface area contributed by atoms with Crippen LogP contribution in [0.25, 0.3) is 22.4 Å². The van der Waals surface area contributed by atoms with Gasteiger partial charge < -0.3 is 0 Å². The van der Waals surface area contributed by atoms with Gasteiger partial charge in [-0.05, 0) is 51.9 Å². The third-order valence-corrected chi connectivity index (χ3v) is 6.85. The first-order chi connectivity index (χ1) is 14.5. The lowest BCUT2D eigenvalue weighted by Gasteiger charge is -2.31. The third kappa shape index (κ3) is 2.97. The molecule has 3 aromatic carbocycles. The molecule has 0 saturated carbocycles. The highest BCUT2D eigenvalue weighted by atomic mass is 14.9. The summed E-state index contributed by atoms with van der Waals surface area (Å²) in [7, 11) is 2.12. The molecule has 5 rings (SSSR count). The number of benzene rings is 3. The zero-order valence-electron chi connectivity index (χ0n) is 18.2. The fourth-order valence-corrected chi connectivity index (χ4v) is 5.04. The van der Waals surface area contributed by atoms with Crippen LogP contribution < -0.4 is 4.57 Å². The minimum absolute atomic E-state index is 0.419. The first kappa shape index (κ1) is 18.8. The van der Waals surface area contributed by atoms with Gasteiger partial charge in [-0.2, -0.15) is 0 Å². The van der Waals surface area contributed by atoms with Gasteiger partial charge in [0.15, 0.2) is 6.20 Å². The Morgan fingerprint density at radius 1 is 0.633 bits per heavy atom. The number of aromatic nitrogens is 1. The first-order valence-corrected chi connectivity index (χ1v) is 10.8. The van der Waals surface area contributed by atoms with Gasteiger partial charge in [-0.25, -0.2) is 4.57 Å². The molecule has 1 aliphatic rings. The topological polar surface area (TPSA) is 3.88 Å². The molecular formula is C29H28N+. The molecule has 1 aromatic heterocycles. The number of aryl methyl sites for hydroxylation is 2. The van der Waals surface area contributed by atoms with E-state index in [0.717, 1.165) is 0 Å². The maximum atomic E-state index is 2.42. The second-order valence-electron chi connectivity index (χ2n) is 8.64. The van der Waals surface area contributed by atoms with Crippen LogP contribution in [0.4, 0.5) is 0 Å². The molecule has 2 unspecified atom stereocenters. The van der Waals surface area contributed by atoms with Gasteiger partial charge in [-0.3, -0.25) is 0 Å². The normalized spacial score (nSPS) is 17.3. The number of hydrogen-bond acceptors (Lipinski definition) is 0. The van der Waals surface area contributed by atoms with Gasteiger partial charge in [0.25, 0.3) is 0 Å². The van der Waals surface area contributed by atoms with Crippen LogP contribution in [0.1, 0.15) is 53.5 Å². The highest BCUT2D eigenvalue weighted by Crippen LogP contribution is 2.44. The van der Waals surface area contributed by atoms with Gasteiger partial charge >= 0.3 is 0 Å². The molecule has 1 nitrogen and oxygen atoms in total. The van der Waals surface area contributed by atoms with E-state index >= 15 is 0 Å². The van der Waals surface area contributed by atoms with Crippen molar-refractivity contribution in [2.75, 3.05) is 0 Å². The van der Waals surface area contributed by atoms with Crippen molar-refractivity contribution in [2.45, 2.75) is 32.6 Å². The summed E-state index contributed by atoms with van der Waals surface area (Å²) in [4.78, 5) is 0. The average Bonchev–Trinajstić information content (AvgIpc) is 2.78. The minimum Gasteiger partial charge on any atom is -0.201 e. The van der Waals surface area contributed by atoms with Crippen molar-refractivity contribution in [3.8, 4) is 22.4 Å². The largest absolute Gasteiger partial charge is 0.213 e. The first-order valence-electron chi connectivity index (χ1n) is 10.8. The molecule has 2 atom stereocenters. The molecule has 0 spiro atoms. The smallest absolute Gasteiger partial charge is 0.201 e. The number of hydrogen-bond donors (Lipinski definition) is 0. The Hall–Kier alpha value is -3.19. The van der Waals surface area contributed by atoms with Gasteiger partial charge in [0.05, 0.1) is 0 Å². The van der Waals surface area contributed by atoms with E-state index in [4.69, 9.17) is 0 Å². The Morgan fingerprint density at radius 2 is 1.23 bits per heavy atom. The molecule has 1 heterocycles. The van der Waals surface area contributed by atoms with Crippen molar-refractivity contribution in [3.63, 3.8) is 0 Å². The minimum atomic E-state index is 0.419. The SMILES string of the molecule is Cc1ccccc1-c1cc(-c2ccc3c(c2)C(C)c2ccccc2C3C)cc[n+]1C. The summed E-state index contributed by atoms with van der Waals surface area (Å²) in [5.41, 5.74) is 12.3. The van der Waals surface area contributed by atoms with Crippen molar-refractivity contribution in [1.82, 2.24) is 0 Å². The van der Waals surface area contributed by atoms with Crippen LogP contribution in [0.2, 0.25) is 0 Å². The molecular weight excluding hydrogens is 362 g/mol. The molecule has 0 saturated heterocycles. The summed E-state index contributed by atoms with van der Waals surface area (Å²) in [6.07, 6.45) is 2.18. The molecule has 148 valence electrons. The van der Waals surface area contributed by atoms with Crippen molar-refractivity contribution >= 4 is 0 Å². The van der Waals surface area contributed by atoms with Crippen molar-refractivity contribution in [1.29, 1.82) is 0 Å². The molecule has 0 radical (unpaired) electrons. The second-order valence-corrected chi connectivity index (χ2v) is 8.64. The van der Waals surface area contributed by atoms with Crippen LogP contribution in [0.5, 0.6) is 0 Å². The monoisotopic (exact) mass is 390 g/mol. The number of nitrogens with zero attached hydrogens (tertiary/aromatic N) is 1. The van der Waals surface area contributed by atoms with E-state index in [-0.39, 0.29) is 0 Å². The quantitative estimate of drug-likeness (QED) is 0.333. The van der Waals surface area contributed by atoms with Crippen LogP contribution in [-0.2, 0) is 7.05 Å². The van der Waals surface area contributed by atoms with Crippen molar-refractivity contribution in [2.24, 2.45) is 7.05 Å². The van der Waals surface area contributed by atoms with Crippen LogP contribution in [0.3, 0.4) is 0 Å². The van der Waals surface area contributed by atoms with E-state index in [1.807, 2.05) is 0 Å². The summed E-state index contributed by atoms with van der Waals surface area (Å²) in [6.45, 7) is 6.86. The summed E-state index contributed by atoms with van der Waals surface area (Å²) < 4.78 is 2.21. The molecule has 0 bridgehead atoms. The van der Waals surface area contributed by atoms with Crippen LogP contribution in [0, 0.1) is 6.92 Å². The summed E-state index contributed by atoms with van der Waals surface area (Å²) in [6, 6.07) is 29.2. The molecule has 1 heteroatoms. The fourth-order valence-electron chi connectivity index (χ4n) is 5.04. The van der Waals surface area contributed by atoms with Crippen LogP contribution >= 0.6 is 0 Å². The maximum Gasteiger partial charge on any atom is 0.213 e. The molecule has 4 aromatic rings. The second kappa shape index (κ2) is 7.25. The third-order valence-electron chi connectivity index (χ3n) is 6.85.